The van der Waals surface area contributed by atoms with Crippen LogP contribution in [0.4, 0.5) is 0 Å². The average molecular weight is 334 g/mol. The lowest BCUT2D eigenvalue weighted by molar-refractivity contribution is -0.121. The summed E-state index contributed by atoms with van der Waals surface area (Å²) in [6.07, 6.45) is 5.19. The van der Waals surface area contributed by atoms with Crippen molar-refractivity contribution in [1.82, 2.24) is 5.32 Å². The molecule has 0 aliphatic heterocycles. The summed E-state index contributed by atoms with van der Waals surface area (Å²) < 4.78 is 24.8. The van der Waals surface area contributed by atoms with Crippen LogP contribution >= 0.6 is 0 Å². The average Bonchev–Trinajstić information content (AvgIpc) is 2.55. The van der Waals surface area contributed by atoms with Gasteiger partial charge in [-0.2, -0.15) is 5.26 Å². The Labute approximate surface area is 137 Å². The number of nitriles is 1. The first kappa shape index (κ1) is 17.5. The fourth-order valence-corrected chi connectivity index (χ4v) is 4.06. The minimum atomic E-state index is -3.58. The normalized spacial score (nSPS) is 17.2. The fourth-order valence-electron chi connectivity index (χ4n) is 2.76. The Morgan fingerprint density at radius 2 is 1.87 bits per heavy atom. The summed E-state index contributed by atoms with van der Waals surface area (Å²) in [5.74, 6) is -0.608. The van der Waals surface area contributed by atoms with Crippen LogP contribution in [0.15, 0.2) is 24.3 Å². The van der Waals surface area contributed by atoms with E-state index < -0.39 is 21.0 Å². The highest BCUT2D eigenvalue weighted by atomic mass is 32.2. The molecule has 1 unspecified atom stereocenters. The van der Waals surface area contributed by atoms with Gasteiger partial charge in [-0.1, -0.05) is 31.4 Å². The quantitative estimate of drug-likeness (QED) is 0.895. The number of carbonyl (C=O) groups is 1. The van der Waals surface area contributed by atoms with Crippen LogP contribution in [0.2, 0.25) is 0 Å². The lowest BCUT2D eigenvalue weighted by Crippen LogP contribution is -2.44. The van der Waals surface area contributed by atoms with E-state index in [0.717, 1.165) is 25.7 Å². The lowest BCUT2D eigenvalue weighted by atomic mass is 9.95. The van der Waals surface area contributed by atoms with Crippen LogP contribution in [0, 0.1) is 11.3 Å². The van der Waals surface area contributed by atoms with Crippen LogP contribution in [0.25, 0.3) is 0 Å². The number of nitrogens with zero attached hydrogens (tertiary/aromatic N) is 1. The highest BCUT2D eigenvalue weighted by Crippen LogP contribution is 2.18. The number of carbonyl (C=O) groups excluding carboxylic acids is 1. The summed E-state index contributed by atoms with van der Waals surface area (Å²) in [5, 5.41) is 10.6. The Bertz CT molecular complexity index is 684. The minimum absolute atomic E-state index is 0.101. The molecule has 5 nitrogen and oxygen atoms in total. The summed E-state index contributed by atoms with van der Waals surface area (Å²) in [4.78, 5) is 12.2. The molecule has 1 aliphatic carbocycles. The third-order valence-electron chi connectivity index (χ3n) is 4.31. The molecule has 1 N–H and O–H groups in total. The largest absolute Gasteiger partial charge is 0.352 e. The molecule has 0 aromatic heterocycles. The van der Waals surface area contributed by atoms with Gasteiger partial charge in [0.1, 0.15) is 5.25 Å². The fraction of sp³-hybridized carbons (Fsp3) is 0.529. The number of hydrogen-bond donors (Lipinski definition) is 1. The Morgan fingerprint density at radius 3 is 2.43 bits per heavy atom. The van der Waals surface area contributed by atoms with E-state index >= 15 is 0 Å². The number of sulfone groups is 1. The molecule has 124 valence electrons. The molecule has 1 aromatic carbocycles. The predicted octanol–water partition coefficient (Wildman–Crippen LogP) is 2.31. The molecule has 1 atom stereocenters. The lowest BCUT2D eigenvalue weighted by Gasteiger charge is -2.24. The summed E-state index contributed by atoms with van der Waals surface area (Å²) in [7, 11) is -3.58. The van der Waals surface area contributed by atoms with E-state index in [0.29, 0.717) is 11.1 Å². The Hall–Kier alpha value is -1.87. The molecule has 1 aliphatic rings. The van der Waals surface area contributed by atoms with E-state index in [9.17, 15) is 13.2 Å². The number of hydrogen-bond acceptors (Lipinski definition) is 4. The number of nitrogens with one attached hydrogen (secondary N) is 1. The molecule has 1 fully saturated rings. The van der Waals surface area contributed by atoms with Crippen molar-refractivity contribution in [2.24, 2.45) is 0 Å². The van der Waals surface area contributed by atoms with Crippen LogP contribution in [0.1, 0.15) is 50.2 Å². The van der Waals surface area contributed by atoms with Gasteiger partial charge < -0.3 is 5.32 Å². The van der Waals surface area contributed by atoms with Crippen molar-refractivity contribution < 1.29 is 13.2 Å². The van der Waals surface area contributed by atoms with E-state index in [1.54, 1.807) is 24.3 Å². The first-order chi connectivity index (χ1) is 10.9. The second kappa shape index (κ2) is 7.60. The van der Waals surface area contributed by atoms with Crippen molar-refractivity contribution in [2.45, 2.75) is 56.1 Å². The molecular formula is C17H22N2O3S. The van der Waals surface area contributed by atoms with Gasteiger partial charge >= 0.3 is 0 Å². The Morgan fingerprint density at radius 1 is 1.26 bits per heavy atom. The zero-order valence-electron chi connectivity index (χ0n) is 13.3. The zero-order chi connectivity index (χ0) is 16.9. The number of rotatable bonds is 5. The molecule has 0 radical (unpaired) electrons. The third kappa shape index (κ3) is 4.80. The van der Waals surface area contributed by atoms with Crippen LogP contribution in [0.3, 0.4) is 0 Å². The smallest absolute Gasteiger partial charge is 0.238 e. The van der Waals surface area contributed by atoms with Gasteiger partial charge in [-0.3, -0.25) is 4.79 Å². The van der Waals surface area contributed by atoms with Gasteiger partial charge in [-0.15, -0.1) is 0 Å². The number of benzene rings is 1. The van der Waals surface area contributed by atoms with E-state index in [-0.39, 0.29) is 11.8 Å². The standard InChI is InChI=1S/C17H22N2O3S/c1-13(17(20)19-16-5-3-2-4-6-16)23(21,22)12-15-9-7-14(11-18)8-10-15/h7-10,13,16H,2-6,12H2,1H3,(H,19,20). The second-order valence-electron chi connectivity index (χ2n) is 6.10. The van der Waals surface area contributed by atoms with Crippen molar-refractivity contribution in [3.8, 4) is 6.07 Å². The number of amides is 1. The van der Waals surface area contributed by atoms with E-state index in [1.165, 1.54) is 13.3 Å². The molecule has 0 heterocycles. The minimum Gasteiger partial charge on any atom is -0.352 e. The molecule has 1 aromatic rings. The Balaban J connectivity index is 1.99. The summed E-state index contributed by atoms with van der Waals surface area (Å²) in [6.45, 7) is 1.44. The highest BCUT2D eigenvalue weighted by molar-refractivity contribution is 7.92. The highest BCUT2D eigenvalue weighted by Gasteiger charge is 2.29. The van der Waals surface area contributed by atoms with Crippen LogP contribution < -0.4 is 5.32 Å². The predicted molar refractivity (Wildman–Crippen MR) is 88.3 cm³/mol. The van der Waals surface area contributed by atoms with Gasteiger partial charge in [0.2, 0.25) is 5.91 Å². The SMILES string of the molecule is CC(C(=O)NC1CCCCC1)S(=O)(=O)Cc1ccc(C#N)cc1. The molecule has 1 saturated carbocycles. The molecule has 0 spiro atoms. The first-order valence-electron chi connectivity index (χ1n) is 7.93. The van der Waals surface area contributed by atoms with Crippen molar-refractivity contribution in [1.29, 1.82) is 5.26 Å². The molecule has 0 bridgehead atoms. The monoisotopic (exact) mass is 334 g/mol. The van der Waals surface area contributed by atoms with Crippen molar-refractivity contribution in [3.63, 3.8) is 0 Å². The summed E-state index contributed by atoms with van der Waals surface area (Å²) >= 11 is 0. The zero-order valence-corrected chi connectivity index (χ0v) is 14.1. The molecule has 2 rings (SSSR count). The molecule has 0 saturated heterocycles. The van der Waals surface area contributed by atoms with Crippen molar-refractivity contribution in [2.75, 3.05) is 0 Å². The van der Waals surface area contributed by atoms with Crippen LogP contribution in [-0.4, -0.2) is 25.6 Å². The maximum Gasteiger partial charge on any atom is 0.238 e. The van der Waals surface area contributed by atoms with Crippen molar-refractivity contribution in [3.05, 3.63) is 35.4 Å². The van der Waals surface area contributed by atoms with Gasteiger partial charge in [-0.05, 0) is 37.5 Å². The van der Waals surface area contributed by atoms with Gasteiger partial charge in [-0.25, -0.2) is 8.42 Å². The summed E-state index contributed by atoms with van der Waals surface area (Å²) in [5.41, 5.74) is 1.07. The first-order valence-corrected chi connectivity index (χ1v) is 9.65. The maximum absolute atomic E-state index is 12.4. The van der Waals surface area contributed by atoms with Gasteiger partial charge in [0.25, 0.3) is 0 Å². The van der Waals surface area contributed by atoms with Gasteiger partial charge in [0, 0.05) is 6.04 Å². The second-order valence-corrected chi connectivity index (χ2v) is 8.42. The van der Waals surface area contributed by atoms with Crippen LogP contribution in [-0.2, 0) is 20.4 Å². The molecular weight excluding hydrogens is 312 g/mol. The summed E-state index contributed by atoms with van der Waals surface area (Å²) in [6, 6.07) is 8.48. The molecule has 6 heteroatoms. The van der Waals surface area contributed by atoms with E-state index in [2.05, 4.69) is 5.32 Å². The maximum atomic E-state index is 12.4. The topological polar surface area (TPSA) is 87.0 Å². The van der Waals surface area contributed by atoms with E-state index in [1.807, 2.05) is 6.07 Å². The van der Waals surface area contributed by atoms with E-state index in [4.69, 9.17) is 5.26 Å². The molecule has 1 amide bonds. The third-order valence-corrected chi connectivity index (χ3v) is 6.34. The van der Waals surface area contributed by atoms with Gasteiger partial charge in [0.05, 0.1) is 17.4 Å². The van der Waals surface area contributed by atoms with Crippen LogP contribution in [0.5, 0.6) is 0 Å². The van der Waals surface area contributed by atoms with Crippen molar-refractivity contribution >= 4 is 15.7 Å². The van der Waals surface area contributed by atoms with Gasteiger partial charge in [0.15, 0.2) is 9.84 Å². The molecule has 23 heavy (non-hydrogen) atoms. The Kier molecular flexibility index (Phi) is 5.78.